The summed E-state index contributed by atoms with van der Waals surface area (Å²) in [5, 5.41) is 0. The van der Waals surface area contributed by atoms with Crippen LogP contribution >= 0.6 is 0 Å². The average Bonchev–Trinajstić information content (AvgIpc) is 3.23. The maximum absolute atomic E-state index is 13.9. The third kappa shape index (κ3) is 4.96. The maximum Gasteiger partial charge on any atom is 0.410 e. The van der Waals surface area contributed by atoms with Crippen LogP contribution in [-0.2, 0) is 14.8 Å². The van der Waals surface area contributed by atoms with E-state index in [0.717, 1.165) is 12.0 Å². The first kappa shape index (κ1) is 25.7. The van der Waals surface area contributed by atoms with E-state index in [1.807, 2.05) is 27.7 Å². The minimum absolute atomic E-state index is 0.151. The van der Waals surface area contributed by atoms with Crippen molar-refractivity contribution in [1.82, 2.24) is 18.8 Å². The number of nitrogens with zero attached hydrogens (tertiary/aromatic N) is 4. The zero-order valence-electron chi connectivity index (χ0n) is 21.8. The van der Waals surface area contributed by atoms with Gasteiger partial charge in [-0.25, -0.2) is 17.2 Å². The lowest BCUT2D eigenvalue weighted by Gasteiger charge is -2.41. The Labute approximate surface area is 222 Å². The molecule has 1 unspecified atom stereocenters. The number of pyridine rings is 2. The van der Waals surface area contributed by atoms with Crippen molar-refractivity contribution in [2.75, 3.05) is 13.2 Å². The van der Waals surface area contributed by atoms with Gasteiger partial charge in [0.2, 0.25) is 0 Å². The summed E-state index contributed by atoms with van der Waals surface area (Å²) in [6.45, 7) is 8.21. The Morgan fingerprint density at radius 3 is 2.55 bits per heavy atom. The highest BCUT2D eigenvalue weighted by Crippen LogP contribution is 2.36. The molecular weight excluding hydrogens is 504 g/mol. The monoisotopic (exact) mass is 534 g/mol. The standard InChI is InChI=1S/C28H30N4O5S/c1-19-7-9-21(10-8-19)38(34,35)32-24-6-5-13-30-23(24)16-25(32)22-11-14-29-17-26(22)36-18-20-12-15-31(20)27(33)37-28(2,3)4/h5-11,13-14,16-17,20H,12,15,18H2,1-4H3. The van der Waals surface area contributed by atoms with Crippen LogP contribution in [0.15, 0.2) is 72.0 Å². The SMILES string of the molecule is Cc1ccc(S(=O)(=O)n2c(-c3ccncc3OCC3CCN3C(=O)OC(C)(C)C)cc3ncccc32)cc1. The summed E-state index contributed by atoms with van der Waals surface area (Å²) < 4.78 is 40.7. The van der Waals surface area contributed by atoms with E-state index in [4.69, 9.17) is 9.47 Å². The van der Waals surface area contributed by atoms with E-state index in [-0.39, 0.29) is 23.6 Å². The van der Waals surface area contributed by atoms with Crippen molar-refractivity contribution in [1.29, 1.82) is 0 Å². The maximum atomic E-state index is 13.9. The molecule has 1 atom stereocenters. The normalized spacial score (nSPS) is 15.8. The molecule has 1 aromatic carbocycles. The molecule has 9 nitrogen and oxygen atoms in total. The predicted octanol–water partition coefficient (Wildman–Crippen LogP) is 5.03. The molecule has 1 aliphatic rings. The van der Waals surface area contributed by atoms with E-state index in [9.17, 15) is 13.2 Å². The number of carbonyl (C=O) groups excluding carboxylic acids is 1. The van der Waals surface area contributed by atoms with E-state index in [2.05, 4.69) is 9.97 Å². The Morgan fingerprint density at radius 2 is 1.87 bits per heavy atom. The molecule has 0 bridgehead atoms. The van der Waals surface area contributed by atoms with Crippen LogP contribution in [0.25, 0.3) is 22.3 Å². The Bertz CT molecular complexity index is 1590. The van der Waals surface area contributed by atoms with Gasteiger partial charge in [-0.2, -0.15) is 0 Å². The number of ether oxygens (including phenoxy) is 2. The van der Waals surface area contributed by atoms with Gasteiger partial charge in [0.05, 0.1) is 33.9 Å². The summed E-state index contributed by atoms with van der Waals surface area (Å²) in [4.78, 5) is 22.9. The lowest BCUT2D eigenvalue weighted by Crippen LogP contribution is -2.55. The number of aryl methyl sites for hydroxylation is 1. The first-order valence-corrected chi connectivity index (χ1v) is 13.8. The zero-order valence-corrected chi connectivity index (χ0v) is 22.6. The summed E-state index contributed by atoms with van der Waals surface area (Å²) in [5.41, 5.74) is 2.34. The fourth-order valence-electron chi connectivity index (χ4n) is 4.34. The fourth-order valence-corrected chi connectivity index (χ4v) is 5.85. The summed E-state index contributed by atoms with van der Waals surface area (Å²) in [7, 11) is -3.97. The summed E-state index contributed by atoms with van der Waals surface area (Å²) >= 11 is 0. The van der Waals surface area contributed by atoms with Crippen LogP contribution in [-0.4, -0.2) is 58.1 Å². The molecular formula is C28H30N4O5S. The highest BCUT2D eigenvalue weighted by atomic mass is 32.2. The molecule has 0 N–H and O–H groups in total. The second-order valence-electron chi connectivity index (χ2n) is 10.3. The van der Waals surface area contributed by atoms with E-state index >= 15 is 0 Å². The second kappa shape index (κ2) is 9.75. The molecule has 0 saturated carbocycles. The Kier molecular flexibility index (Phi) is 6.60. The van der Waals surface area contributed by atoms with E-state index < -0.39 is 15.6 Å². The molecule has 10 heteroatoms. The van der Waals surface area contributed by atoms with Gasteiger partial charge in [0.15, 0.2) is 0 Å². The smallest absolute Gasteiger partial charge is 0.410 e. The molecule has 0 aliphatic carbocycles. The van der Waals surface area contributed by atoms with Gasteiger partial charge in [-0.1, -0.05) is 17.7 Å². The third-order valence-corrected chi connectivity index (χ3v) is 8.09. The lowest BCUT2D eigenvalue weighted by molar-refractivity contribution is -0.0141. The number of hydrogen-bond donors (Lipinski definition) is 0. The lowest BCUT2D eigenvalue weighted by atomic mass is 10.1. The van der Waals surface area contributed by atoms with Gasteiger partial charge >= 0.3 is 6.09 Å². The third-order valence-electron chi connectivity index (χ3n) is 6.35. The molecule has 1 aliphatic heterocycles. The summed E-state index contributed by atoms with van der Waals surface area (Å²) in [6.07, 6.45) is 5.17. The largest absolute Gasteiger partial charge is 0.489 e. The summed E-state index contributed by atoms with van der Waals surface area (Å²) in [6, 6.07) is 13.5. The molecule has 5 rings (SSSR count). The highest BCUT2D eigenvalue weighted by molar-refractivity contribution is 7.90. The summed E-state index contributed by atoms with van der Waals surface area (Å²) in [5.74, 6) is 0.409. The molecule has 4 heterocycles. The van der Waals surface area contributed by atoms with Gasteiger partial charge in [-0.15, -0.1) is 0 Å². The van der Waals surface area contributed by atoms with Crippen LogP contribution in [0.5, 0.6) is 5.75 Å². The van der Waals surface area contributed by atoms with Crippen molar-refractivity contribution in [2.45, 2.75) is 50.7 Å². The minimum Gasteiger partial charge on any atom is -0.489 e. The zero-order chi connectivity index (χ0) is 27.1. The topological polar surface area (TPSA) is 104 Å². The van der Waals surface area contributed by atoms with Crippen molar-refractivity contribution in [3.63, 3.8) is 0 Å². The molecule has 38 heavy (non-hydrogen) atoms. The number of hydrogen-bond acceptors (Lipinski definition) is 7. The second-order valence-corrected chi connectivity index (χ2v) is 12.1. The van der Waals surface area contributed by atoms with Crippen molar-refractivity contribution in [3.8, 4) is 17.0 Å². The quantitative estimate of drug-likeness (QED) is 0.342. The molecule has 1 saturated heterocycles. The van der Waals surface area contributed by atoms with Crippen LogP contribution in [0.4, 0.5) is 4.79 Å². The van der Waals surface area contributed by atoms with Gasteiger partial charge in [0.25, 0.3) is 10.0 Å². The number of fused-ring (bicyclic) bond motifs is 1. The van der Waals surface area contributed by atoms with Crippen LogP contribution in [0, 0.1) is 6.92 Å². The number of benzene rings is 1. The molecule has 0 spiro atoms. The predicted molar refractivity (Wildman–Crippen MR) is 144 cm³/mol. The van der Waals surface area contributed by atoms with Gasteiger partial charge in [-0.3, -0.25) is 9.97 Å². The fraction of sp³-hybridized carbons (Fsp3) is 0.321. The Hall–Kier alpha value is -3.92. The Balaban J connectivity index is 1.50. The van der Waals surface area contributed by atoms with E-state index in [0.29, 0.717) is 34.6 Å². The number of amides is 1. The molecule has 198 valence electrons. The van der Waals surface area contributed by atoms with Gasteiger partial charge < -0.3 is 14.4 Å². The Morgan fingerprint density at radius 1 is 1.11 bits per heavy atom. The van der Waals surface area contributed by atoms with Crippen molar-refractivity contribution in [2.24, 2.45) is 0 Å². The van der Waals surface area contributed by atoms with Crippen LogP contribution in [0.1, 0.15) is 32.8 Å². The van der Waals surface area contributed by atoms with Gasteiger partial charge in [0.1, 0.15) is 18.0 Å². The number of carbonyl (C=O) groups is 1. The van der Waals surface area contributed by atoms with Crippen LogP contribution in [0.2, 0.25) is 0 Å². The first-order valence-electron chi connectivity index (χ1n) is 12.4. The number of likely N-dealkylation sites (tertiary alicyclic amines) is 1. The van der Waals surface area contributed by atoms with Crippen LogP contribution in [0.3, 0.4) is 0 Å². The molecule has 4 aromatic rings. The minimum atomic E-state index is -3.97. The molecule has 3 aromatic heterocycles. The first-order chi connectivity index (χ1) is 18.0. The molecule has 1 fully saturated rings. The van der Waals surface area contributed by atoms with Gasteiger partial charge in [0, 0.05) is 24.5 Å². The van der Waals surface area contributed by atoms with E-state index in [1.165, 1.54) is 3.97 Å². The molecule has 0 radical (unpaired) electrons. The van der Waals surface area contributed by atoms with Gasteiger partial charge in [-0.05, 0) is 70.5 Å². The van der Waals surface area contributed by atoms with E-state index in [1.54, 1.807) is 72.0 Å². The highest BCUT2D eigenvalue weighted by Gasteiger charge is 2.36. The van der Waals surface area contributed by atoms with Crippen molar-refractivity contribution in [3.05, 3.63) is 72.7 Å². The van der Waals surface area contributed by atoms with Crippen molar-refractivity contribution >= 4 is 27.1 Å². The number of rotatable bonds is 6. The van der Waals surface area contributed by atoms with Crippen molar-refractivity contribution < 1.29 is 22.7 Å². The number of aromatic nitrogens is 3. The average molecular weight is 535 g/mol. The van der Waals surface area contributed by atoms with Crippen LogP contribution < -0.4 is 4.74 Å². The molecule has 1 amide bonds.